The number of aromatic hydroxyl groups is 1. The summed E-state index contributed by atoms with van der Waals surface area (Å²) in [6.45, 7) is 7.17. The van der Waals surface area contributed by atoms with Gasteiger partial charge in [-0.05, 0) is 72.1 Å². The van der Waals surface area contributed by atoms with Crippen LogP contribution in [-0.2, 0) is 19.4 Å². The number of hydrogen-bond acceptors (Lipinski definition) is 6. The smallest absolute Gasteiger partial charge is 0.255 e. The Bertz CT molecular complexity index is 1160. The molecule has 1 atom stereocenters. The standard InChI is InChI=1S/C26H30N2O4S/c1-26(2,3)17-8-9-19-22(13-17)33-25(23(19)24(30)27-15-18-6-5-11-32-18)28-14-16-7-10-21(31-4)20(29)12-16/h5-7,10-12,14,17,29H,8-9,13,15H2,1-4H3,(H,27,30)/t17-/m1/s1. The number of furan rings is 1. The summed E-state index contributed by atoms with van der Waals surface area (Å²) in [5, 5.41) is 13.8. The number of benzene rings is 1. The number of carbonyl (C=O) groups excluding carboxylic acids is 1. The van der Waals surface area contributed by atoms with Crippen LogP contribution in [0.15, 0.2) is 46.0 Å². The maximum absolute atomic E-state index is 13.2. The number of ether oxygens (including phenoxy) is 1. The zero-order valence-corrected chi connectivity index (χ0v) is 20.3. The van der Waals surface area contributed by atoms with E-state index in [1.165, 1.54) is 12.0 Å². The Morgan fingerprint density at radius 1 is 1.36 bits per heavy atom. The van der Waals surface area contributed by atoms with E-state index in [9.17, 15) is 9.90 Å². The summed E-state index contributed by atoms with van der Waals surface area (Å²) in [5.41, 5.74) is 2.72. The van der Waals surface area contributed by atoms with Crippen LogP contribution >= 0.6 is 11.3 Å². The fourth-order valence-corrected chi connectivity index (χ4v) is 5.49. The number of amides is 1. The van der Waals surface area contributed by atoms with Gasteiger partial charge in [0.25, 0.3) is 5.91 Å². The van der Waals surface area contributed by atoms with E-state index in [2.05, 4.69) is 31.1 Å². The molecule has 0 unspecified atom stereocenters. The Hall–Kier alpha value is -3.06. The number of nitrogens with one attached hydrogen (secondary N) is 1. The molecule has 1 amide bonds. The zero-order chi connectivity index (χ0) is 23.6. The van der Waals surface area contributed by atoms with Crippen molar-refractivity contribution < 1.29 is 19.1 Å². The van der Waals surface area contributed by atoms with Crippen LogP contribution in [0, 0.1) is 11.3 Å². The van der Waals surface area contributed by atoms with E-state index in [1.807, 2.05) is 12.1 Å². The average Bonchev–Trinajstić information content (AvgIpc) is 3.42. The molecule has 0 spiro atoms. The number of rotatable bonds is 6. The van der Waals surface area contributed by atoms with Crippen molar-refractivity contribution in [1.82, 2.24) is 5.32 Å². The van der Waals surface area contributed by atoms with Gasteiger partial charge in [0.05, 0.1) is 25.5 Å². The summed E-state index contributed by atoms with van der Waals surface area (Å²) < 4.78 is 10.5. The maximum atomic E-state index is 13.2. The number of phenols is 1. The normalized spacial score (nSPS) is 16.1. The van der Waals surface area contributed by atoms with Gasteiger partial charge < -0.3 is 19.6 Å². The third-order valence-electron chi connectivity index (χ3n) is 6.24. The lowest BCUT2D eigenvalue weighted by atomic mass is 9.72. The van der Waals surface area contributed by atoms with Gasteiger partial charge in [0.2, 0.25) is 0 Å². The molecule has 2 N–H and O–H groups in total. The van der Waals surface area contributed by atoms with Crippen LogP contribution in [0.25, 0.3) is 0 Å². The fourth-order valence-electron chi connectivity index (χ4n) is 4.23. The number of fused-ring (bicyclic) bond motifs is 1. The molecule has 4 rings (SSSR count). The highest BCUT2D eigenvalue weighted by Crippen LogP contribution is 2.45. The van der Waals surface area contributed by atoms with Crippen molar-refractivity contribution in [1.29, 1.82) is 0 Å². The minimum atomic E-state index is -0.136. The Kier molecular flexibility index (Phi) is 6.61. The molecular formula is C26H30N2O4S. The van der Waals surface area contributed by atoms with Crippen molar-refractivity contribution in [3.05, 3.63) is 63.9 Å². The second-order valence-electron chi connectivity index (χ2n) is 9.44. The zero-order valence-electron chi connectivity index (χ0n) is 19.5. The number of nitrogens with zero attached hydrogens (tertiary/aromatic N) is 1. The second kappa shape index (κ2) is 9.43. The largest absolute Gasteiger partial charge is 0.504 e. The number of aliphatic imine (C=N–C) groups is 1. The van der Waals surface area contributed by atoms with Gasteiger partial charge in [-0.2, -0.15) is 0 Å². The summed E-state index contributed by atoms with van der Waals surface area (Å²) in [5.74, 6) is 1.60. The minimum Gasteiger partial charge on any atom is -0.504 e. The van der Waals surface area contributed by atoms with Gasteiger partial charge in [0.1, 0.15) is 10.8 Å². The molecule has 6 nitrogen and oxygen atoms in total. The van der Waals surface area contributed by atoms with Crippen LogP contribution in [0.5, 0.6) is 11.5 Å². The van der Waals surface area contributed by atoms with Crippen LogP contribution in [-0.4, -0.2) is 24.3 Å². The Morgan fingerprint density at radius 2 is 2.18 bits per heavy atom. The minimum absolute atomic E-state index is 0.0522. The first-order valence-electron chi connectivity index (χ1n) is 11.1. The molecule has 3 aromatic rings. The van der Waals surface area contributed by atoms with Gasteiger partial charge >= 0.3 is 0 Å². The van der Waals surface area contributed by atoms with Crippen LogP contribution in [0.3, 0.4) is 0 Å². The van der Waals surface area contributed by atoms with Crippen molar-refractivity contribution in [3.8, 4) is 11.5 Å². The first kappa shape index (κ1) is 23.1. The van der Waals surface area contributed by atoms with Gasteiger partial charge in [0.15, 0.2) is 11.5 Å². The maximum Gasteiger partial charge on any atom is 0.255 e. The highest BCUT2D eigenvalue weighted by molar-refractivity contribution is 7.16. The molecule has 2 heterocycles. The molecule has 7 heteroatoms. The lowest BCUT2D eigenvalue weighted by molar-refractivity contribution is 0.0947. The van der Waals surface area contributed by atoms with E-state index in [4.69, 9.17) is 9.15 Å². The molecule has 0 saturated carbocycles. The summed E-state index contributed by atoms with van der Waals surface area (Å²) >= 11 is 1.60. The SMILES string of the molecule is COc1ccc(C=Nc2sc3c(c2C(=O)NCc2ccco2)CC[C@@H](C(C)(C)C)C3)cc1O. The third kappa shape index (κ3) is 5.14. The van der Waals surface area contributed by atoms with Crippen LogP contribution < -0.4 is 10.1 Å². The molecule has 1 aliphatic rings. The number of carbonyl (C=O) groups is 1. The van der Waals surface area contributed by atoms with Gasteiger partial charge in [0, 0.05) is 11.1 Å². The molecule has 0 fully saturated rings. The quantitative estimate of drug-likeness (QED) is 0.444. The van der Waals surface area contributed by atoms with E-state index in [-0.39, 0.29) is 17.1 Å². The predicted octanol–water partition coefficient (Wildman–Crippen LogP) is 5.89. The molecule has 2 aromatic heterocycles. The molecule has 0 radical (unpaired) electrons. The number of methoxy groups -OCH3 is 1. The monoisotopic (exact) mass is 466 g/mol. The summed E-state index contributed by atoms with van der Waals surface area (Å²) in [6, 6.07) is 8.76. The number of hydrogen-bond donors (Lipinski definition) is 2. The molecule has 0 bridgehead atoms. The Morgan fingerprint density at radius 3 is 2.85 bits per heavy atom. The van der Waals surface area contributed by atoms with Crippen molar-refractivity contribution >= 4 is 28.5 Å². The first-order chi connectivity index (χ1) is 15.8. The van der Waals surface area contributed by atoms with E-state index < -0.39 is 0 Å². The number of phenolic OH excluding ortho intramolecular Hbond substituents is 1. The lowest BCUT2D eigenvalue weighted by Gasteiger charge is -2.33. The third-order valence-corrected chi connectivity index (χ3v) is 7.40. The molecule has 0 saturated heterocycles. The van der Waals surface area contributed by atoms with Crippen molar-refractivity contribution in [2.45, 2.75) is 46.6 Å². The van der Waals surface area contributed by atoms with Crippen molar-refractivity contribution in [2.24, 2.45) is 16.3 Å². The molecule has 1 aromatic carbocycles. The first-order valence-corrected chi connectivity index (χ1v) is 11.9. The van der Waals surface area contributed by atoms with Gasteiger partial charge in [-0.25, -0.2) is 4.99 Å². The van der Waals surface area contributed by atoms with Gasteiger partial charge in [-0.3, -0.25) is 4.79 Å². The van der Waals surface area contributed by atoms with E-state index in [0.29, 0.717) is 34.5 Å². The number of thiophene rings is 1. The van der Waals surface area contributed by atoms with Crippen LogP contribution in [0.2, 0.25) is 0 Å². The van der Waals surface area contributed by atoms with Crippen molar-refractivity contribution in [2.75, 3.05) is 7.11 Å². The highest BCUT2D eigenvalue weighted by Gasteiger charge is 2.33. The molecule has 33 heavy (non-hydrogen) atoms. The fraction of sp³-hybridized carbons (Fsp3) is 0.385. The molecule has 174 valence electrons. The summed E-state index contributed by atoms with van der Waals surface area (Å²) in [7, 11) is 1.51. The topological polar surface area (TPSA) is 84.1 Å². The molecule has 1 aliphatic carbocycles. The summed E-state index contributed by atoms with van der Waals surface area (Å²) in [4.78, 5) is 19.2. The van der Waals surface area contributed by atoms with E-state index in [0.717, 1.165) is 30.4 Å². The summed E-state index contributed by atoms with van der Waals surface area (Å²) in [6.07, 6.45) is 6.17. The van der Waals surface area contributed by atoms with Crippen LogP contribution in [0.1, 0.15) is 59.3 Å². The molecule has 0 aliphatic heterocycles. The van der Waals surface area contributed by atoms with E-state index in [1.54, 1.807) is 42.0 Å². The van der Waals surface area contributed by atoms with Gasteiger partial charge in [-0.1, -0.05) is 20.8 Å². The van der Waals surface area contributed by atoms with Gasteiger partial charge in [-0.15, -0.1) is 11.3 Å². The average molecular weight is 467 g/mol. The van der Waals surface area contributed by atoms with Crippen molar-refractivity contribution in [3.63, 3.8) is 0 Å². The van der Waals surface area contributed by atoms with Crippen LogP contribution in [0.4, 0.5) is 5.00 Å². The second-order valence-corrected chi connectivity index (χ2v) is 10.5. The Labute approximate surface area is 198 Å². The van der Waals surface area contributed by atoms with E-state index >= 15 is 0 Å². The predicted molar refractivity (Wildman–Crippen MR) is 131 cm³/mol. The highest BCUT2D eigenvalue weighted by atomic mass is 32.1. The Balaban J connectivity index is 1.65. The lowest BCUT2D eigenvalue weighted by Crippen LogP contribution is -2.28. The molecular weight excluding hydrogens is 436 g/mol.